The highest BCUT2D eigenvalue weighted by Crippen LogP contribution is 2.33. The Balaban J connectivity index is 2.04. The van der Waals surface area contributed by atoms with Gasteiger partial charge in [0.05, 0.1) is 10.4 Å². The SMILES string of the molecule is O=[N+]([O-])c1ccc2c(c1)c1ncnc(Cl)c1n2Cc1ccccc1. The number of benzene rings is 2. The molecule has 0 radical (unpaired) electrons. The number of nitro benzene ring substituents is 1. The van der Waals surface area contributed by atoms with Crippen molar-refractivity contribution in [2.75, 3.05) is 0 Å². The molecule has 0 saturated heterocycles. The van der Waals surface area contributed by atoms with Crippen molar-refractivity contribution in [3.05, 3.63) is 75.7 Å². The van der Waals surface area contributed by atoms with Gasteiger partial charge in [0, 0.05) is 24.1 Å². The van der Waals surface area contributed by atoms with Crippen LogP contribution in [0.5, 0.6) is 0 Å². The van der Waals surface area contributed by atoms with Crippen molar-refractivity contribution in [2.24, 2.45) is 0 Å². The largest absolute Gasteiger partial charge is 0.332 e. The zero-order chi connectivity index (χ0) is 16.7. The minimum Gasteiger partial charge on any atom is -0.332 e. The van der Waals surface area contributed by atoms with Gasteiger partial charge in [-0.1, -0.05) is 41.9 Å². The summed E-state index contributed by atoms with van der Waals surface area (Å²) in [7, 11) is 0. The molecular weight excluding hydrogens is 328 g/mol. The van der Waals surface area contributed by atoms with Crippen LogP contribution in [-0.4, -0.2) is 19.5 Å². The van der Waals surface area contributed by atoms with Gasteiger partial charge < -0.3 is 4.57 Å². The van der Waals surface area contributed by atoms with Crippen molar-refractivity contribution in [3.8, 4) is 0 Å². The number of aromatic nitrogens is 3. The lowest BCUT2D eigenvalue weighted by Gasteiger charge is -2.08. The molecule has 0 fully saturated rings. The van der Waals surface area contributed by atoms with E-state index < -0.39 is 4.92 Å². The van der Waals surface area contributed by atoms with Gasteiger partial charge in [-0.3, -0.25) is 10.1 Å². The van der Waals surface area contributed by atoms with E-state index in [2.05, 4.69) is 9.97 Å². The van der Waals surface area contributed by atoms with Gasteiger partial charge in [-0.15, -0.1) is 0 Å². The van der Waals surface area contributed by atoms with Crippen LogP contribution in [0.15, 0.2) is 54.9 Å². The highest BCUT2D eigenvalue weighted by Gasteiger charge is 2.18. The van der Waals surface area contributed by atoms with Gasteiger partial charge in [0.25, 0.3) is 5.69 Å². The number of halogens is 1. The molecule has 4 aromatic rings. The summed E-state index contributed by atoms with van der Waals surface area (Å²) < 4.78 is 1.99. The third-order valence-corrected chi connectivity index (χ3v) is 4.24. The van der Waals surface area contributed by atoms with Gasteiger partial charge >= 0.3 is 0 Å². The lowest BCUT2D eigenvalue weighted by Crippen LogP contribution is -2.00. The molecule has 2 aromatic heterocycles. The first kappa shape index (κ1) is 14.6. The summed E-state index contributed by atoms with van der Waals surface area (Å²) in [6, 6.07) is 14.7. The first-order valence-corrected chi connectivity index (χ1v) is 7.64. The molecule has 0 spiro atoms. The summed E-state index contributed by atoms with van der Waals surface area (Å²) in [5.74, 6) is 0. The van der Waals surface area contributed by atoms with Crippen LogP contribution in [0.3, 0.4) is 0 Å². The molecule has 2 aromatic carbocycles. The Kier molecular flexibility index (Phi) is 3.39. The highest BCUT2D eigenvalue weighted by atomic mass is 35.5. The molecule has 6 nitrogen and oxygen atoms in total. The van der Waals surface area contributed by atoms with Crippen molar-refractivity contribution in [1.82, 2.24) is 14.5 Å². The van der Waals surface area contributed by atoms with E-state index in [1.54, 1.807) is 6.07 Å². The van der Waals surface area contributed by atoms with E-state index in [9.17, 15) is 10.1 Å². The minimum atomic E-state index is -0.414. The Bertz CT molecular complexity index is 1080. The number of nitro groups is 1. The molecule has 4 rings (SSSR count). The second kappa shape index (κ2) is 5.58. The van der Waals surface area contributed by atoms with Crippen molar-refractivity contribution < 1.29 is 4.92 Å². The third-order valence-electron chi connectivity index (χ3n) is 3.97. The summed E-state index contributed by atoms with van der Waals surface area (Å²) in [5, 5.41) is 12.1. The molecule has 24 heavy (non-hydrogen) atoms. The zero-order valence-electron chi connectivity index (χ0n) is 12.4. The van der Waals surface area contributed by atoms with Gasteiger partial charge in [0.2, 0.25) is 0 Å². The maximum atomic E-state index is 11.1. The molecule has 0 saturated carbocycles. The van der Waals surface area contributed by atoms with E-state index in [1.165, 1.54) is 18.5 Å². The first-order chi connectivity index (χ1) is 11.6. The molecule has 7 heteroatoms. The minimum absolute atomic E-state index is 0.0241. The molecule has 0 aliphatic carbocycles. The lowest BCUT2D eigenvalue weighted by atomic mass is 10.2. The smallest absolute Gasteiger partial charge is 0.270 e. The predicted molar refractivity (Wildman–Crippen MR) is 92.2 cm³/mol. The Morgan fingerprint density at radius 2 is 1.92 bits per heavy atom. The number of fused-ring (bicyclic) bond motifs is 3. The number of nitrogens with zero attached hydrogens (tertiary/aromatic N) is 4. The fourth-order valence-electron chi connectivity index (χ4n) is 2.91. The van der Waals surface area contributed by atoms with Crippen LogP contribution in [0.1, 0.15) is 5.56 Å². The highest BCUT2D eigenvalue weighted by molar-refractivity contribution is 6.34. The fraction of sp³-hybridized carbons (Fsp3) is 0.0588. The topological polar surface area (TPSA) is 73.8 Å². The maximum absolute atomic E-state index is 11.1. The quantitative estimate of drug-likeness (QED) is 0.319. The van der Waals surface area contributed by atoms with Crippen LogP contribution in [0.4, 0.5) is 5.69 Å². The van der Waals surface area contributed by atoms with Crippen LogP contribution in [0, 0.1) is 10.1 Å². The Labute approximate surface area is 141 Å². The summed E-state index contributed by atoms with van der Waals surface area (Å²) in [4.78, 5) is 19.0. The molecule has 118 valence electrons. The Morgan fingerprint density at radius 3 is 2.67 bits per heavy atom. The van der Waals surface area contributed by atoms with Gasteiger partial charge in [-0.2, -0.15) is 0 Å². The van der Waals surface area contributed by atoms with Crippen LogP contribution in [-0.2, 0) is 6.54 Å². The van der Waals surface area contributed by atoms with Crippen molar-refractivity contribution in [2.45, 2.75) is 6.54 Å². The molecule has 0 atom stereocenters. The van der Waals surface area contributed by atoms with E-state index in [1.807, 2.05) is 34.9 Å². The zero-order valence-corrected chi connectivity index (χ0v) is 13.1. The van der Waals surface area contributed by atoms with Gasteiger partial charge in [0.1, 0.15) is 17.4 Å². The molecule has 0 bridgehead atoms. The second-order valence-corrected chi connectivity index (χ2v) is 5.75. The average molecular weight is 339 g/mol. The van der Waals surface area contributed by atoms with Gasteiger partial charge in [-0.25, -0.2) is 9.97 Å². The monoisotopic (exact) mass is 338 g/mol. The third kappa shape index (κ3) is 2.28. The average Bonchev–Trinajstić information content (AvgIpc) is 2.90. The molecule has 0 aliphatic heterocycles. The van der Waals surface area contributed by atoms with Crippen LogP contribution in [0.2, 0.25) is 5.15 Å². The van der Waals surface area contributed by atoms with Crippen LogP contribution < -0.4 is 0 Å². The summed E-state index contributed by atoms with van der Waals surface area (Å²) in [5.41, 5.74) is 3.25. The summed E-state index contributed by atoms with van der Waals surface area (Å²) >= 11 is 6.30. The van der Waals surface area contributed by atoms with E-state index in [4.69, 9.17) is 11.6 Å². The number of hydrogen-bond donors (Lipinski definition) is 0. The van der Waals surface area contributed by atoms with Crippen molar-refractivity contribution in [1.29, 1.82) is 0 Å². The molecular formula is C17H11ClN4O2. The number of rotatable bonds is 3. The Hall–Kier alpha value is -2.99. The number of non-ortho nitro benzene ring substituents is 1. The maximum Gasteiger partial charge on any atom is 0.270 e. The molecule has 0 unspecified atom stereocenters. The van der Waals surface area contributed by atoms with Crippen LogP contribution in [0.25, 0.3) is 21.9 Å². The van der Waals surface area contributed by atoms with Crippen molar-refractivity contribution in [3.63, 3.8) is 0 Å². The number of hydrogen-bond acceptors (Lipinski definition) is 4. The van der Waals surface area contributed by atoms with E-state index in [0.717, 1.165) is 11.1 Å². The first-order valence-electron chi connectivity index (χ1n) is 7.26. The molecule has 2 heterocycles. The van der Waals surface area contributed by atoms with E-state index in [0.29, 0.717) is 28.1 Å². The van der Waals surface area contributed by atoms with Gasteiger partial charge in [-0.05, 0) is 11.6 Å². The van der Waals surface area contributed by atoms with Crippen molar-refractivity contribution >= 4 is 39.2 Å². The Morgan fingerprint density at radius 1 is 1.12 bits per heavy atom. The fourth-order valence-corrected chi connectivity index (χ4v) is 3.14. The van der Waals surface area contributed by atoms with E-state index >= 15 is 0 Å². The standard InChI is InChI=1S/C17H11ClN4O2/c18-17-16-15(19-10-20-17)13-8-12(22(23)24)6-7-14(13)21(16)9-11-4-2-1-3-5-11/h1-8,10H,9H2. The second-order valence-electron chi connectivity index (χ2n) is 5.39. The van der Waals surface area contributed by atoms with Crippen LogP contribution >= 0.6 is 11.6 Å². The summed E-state index contributed by atoms with van der Waals surface area (Å²) in [6.07, 6.45) is 1.37. The molecule has 0 amide bonds. The molecule has 0 N–H and O–H groups in total. The lowest BCUT2D eigenvalue weighted by molar-refractivity contribution is -0.384. The van der Waals surface area contributed by atoms with E-state index in [-0.39, 0.29) is 5.69 Å². The predicted octanol–water partition coefficient (Wildman–Crippen LogP) is 4.19. The van der Waals surface area contributed by atoms with Gasteiger partial charge in [0.15, 0.2) is 5.15 Å². The summed E-state index contributed by atoms with van der Waals surface area (Å²) in [6.45, 7) is 0.575. The normalized spacial score (nSPS) is 11.2. The molecule has 0 aliphatic rings.